The molecular formula is C13H19NO3S. The Morgan fingerprint density at radius 1 is 1.39 bits per heavy atom. The van der Waals surface area contributed by atoms with Crippen molar-refractivity contribution in [3.63, 3.8) is 0 Å². The van der Waals surface area contributed by atoms with Crippen molar-refractivity contribution in [2.45, 2.75) is 25.3 Å². The lowest BCUT2D eigenvalue weighted by atomic mass is 9.88. The molecule has 0 aromatic heterocycles. The minimum absolute atomic E-state index is 0.0160. The molecule has 1 aromatic carbocycles. The lowest BCUT2D eigenvalue weighted by Gasteiger charge is -2.26. The van der Waals surface area contributed by atoms with Gasteiger partial charge in [0, 0.05) is 13.2 Å². The SMILES string of the molecule is COCCS(=O)(=O)N[C@@H]1CCCc2ccccc21. The highest BCUT2D eigenvalue weighted by atomic mass is 32.2. The number of nitrogens with one attached hydrogen (secondary N) is 1. The summed E-state index contributed by atoms with van der Waals surface area (Å²) in [6.45, 7) is 0.226. The summed E-state index contributed by atoms with van der Waals surface area (Å²) in [7, 11) is -1.76. The summed E-state index contributed by atoms with van der Waals surface area (Å²) in [5.41, 5.74) is 2.37. The van der Waals surface area contributed by atoms with E-state index < -0.39 is 10.0 Å². The highest BCUT2D eigenvalue weighted by molar-refractivity contribution is 7.89. The Morgan fingerprint density at radius 2 is 2.17 bits per heavy atom. The number of benzene rings is 1. The van der Waals surface area contributed by atoms with Gasteiger partial charge in [0.15, 0.2) is 0 Å². The molecule has 1 aromatic rings. The van der Waals surface area contributed by atoms with Crippen LogP contribution in [0.2, 0.25) is 0 Å². The fourth-order valence-corrected chi connectivity index (χ4v) is 3.53. The summed E-state index contributed by atoms with van der Waals surface area (Å²) in [6, 6.07) is 7.96. The van der Waals surface area contributed by atoms with Gasteiger partial charge < -0.3 is 4.74 Å². The molecule has 2 rings (SSSR count). The third kappa shape index (κ3) is 3.31. The number of methoxy groups -OCH3 is 1. The van der Waals surface area contributed by atoms with Crippen LogP contribution in [0.5, 0.6) is 0 Å². The van der Waals surface area contributed by atoms with Crippen molar-refractivity contribution >= 4 is 10.0 Å². The highest BCUT2D eigenvalue weighted by Crippen LogP contribution is 2.29. The van der Waals surface area contributed by atoms with Gasteiger partial charge in [0.25, 0.3) is 0 Å². The summed E-state index contributed by atoms with van der Waals surface area (Å²) in [5, 5.41) is 0. The lowest BCUT2D eigenvalue weighted by molar-refractivity contribution is 0.216. The van der Waals surface area contributed by atoms with Crippen LogP contribution in [0.4, 0.5) is 0 Å². The molecule has 1 aliphatic carbocycles. The molecule has 0 fully saturated rings. The average Bonchev–Trinajstić information content (AvgIpc) is 2.37. The monoisotopic (exact) mass is 269 g/mol. The van der Waals surface area contributed by atoms with Crippen molar-refractivity contribution in [3.05, 3.63) is 35.4 Å². The number of hydrogen-bond acceptors (Lipinski definition) is 3. The molecule has 0 spiro atoms. The van der Waals surface area contributed by atoms with Crippen molar-refractivity contribution in [2.24, 2.45) is 0 Å². The summed E-state index contributed by atoms with van der Waals surface area (Å²) in [4.78, 5) is 0. The minimum atomic E-state index is -3.26. The Kier molecular flexibility index (Phi) is 4.37. The smallest absolute Gasteiger partial charge is 0.214 e. The standard InChI is InChI=1S/C13H19NO3S/c1-17-9-10-18(15,16)14-13-8-4-6-11-5-2-3-7-12(11)13/h2-3,5,7,13-14H,4,6,8-10H2,1H3/t13-/m1/s1. The molecule has 5 heteroatoms. The number of rotatable bonds is 5. The van der Waals surface area contributed by atoms with Crippen molar-refractivity contribution in [1.82, 2.24) is 4.72 Å². The summed E-state index contributed by atoms with van der Waals surface area (Å²) < 4.78 is 31.3. The maximum atomic E-state index is 11.9. The van der Waals surface area contributed by atoms with E-state index in [1.165, 1.54) is 12.7 Å². The van der Waals surface area contributed by atoms with E-state index in [9.17, 15) is 8.42 Å². The van der Waals surface area contributed by atoms with Crippen LogP contribution in [0.15, 0.2) is 24.3 Å². The van der Waals surface area contributed by atoms with Gasteiger partial charge in [0.2, 0.25) is 10.0 Å². The van der Waals surface area contributed by atoms with E-state index in [2.05, 4.69) is 10.8 Å². The molecule has 4 nitrogen and oxygen atoms in total. The normalized spacial score (nSPS) is 19.5. The Hall–Kier alpha value is -0.910. The second kappa shape index (κ2) is 5.82. The number of sulfonamides is 1. The Bertz CT molecular complexity index is 499. The first kappa shape index (κ1) is 13.5. The fraction of sp³-hybridized carbons (Fsp3) is 0.538. The fourth-order valence-electron chi connectivity index (χ4n) is 2.35. The van der Waals surface area contributed by atoms with E-state index in [4.69, 9.17) is 4.74 Å². The third-order valence-electron chi connectivity index (χ3n) is 3.25. The predicted octanol–water partition coefficient (Wildman–Crippen LogP) is 1.63. The molecule has 0 bridgehead atoms. The van der Waals surface area contributed by atoms with Gasteiger partial charge >= 0.3 is 0 Å². The van der Waals surface area contributed by atoms with E-state index in [0.717, 1.165) is 24.8 Å². The first-order valence-corrected chi connectivity index (χ1v) is 7.84. The van der Waals surface area contributed by atoms with Crippen LogP contribution in [0.25, 0.3) is 0 Å². The van der Waals surface area contributed by atoms with Crippen LogP contribution >= 0.6 is 0 Å². The van der Waals surface area contributed by atoms with Crippen molar-refractivity contribution in [2.75, 3.05) is 19.5 Å². The minimum Gasteiger partial charge on any atom is -0.384 e. The summed E-state index contributed by atoms with van der Waals surface area (Å²) in [6.07, 6.45) is 2.92. The average molecular weight is 269 g/mol. The third-order valence-corrected chi connectivity index (χ3v) is 4.60. The van der Waals surface area contributed by atoms with E-state index in [1.54, 1.807) is 0 Å². The van der Waals surface area contributed by atoms with E-state index in [-0.39, 0.29) is 18.4 Å². The molecule has 0 saturated heterocycles. The second-order valence-electron chi connectivity index (χ2n) is 4.57. The second-order valence-corrected chi connectivity index (χ2v) is 6.45. The quantitative estimate of drug-likeness (QED) is 0.884. The van der Waals surface area contributed by atoms with Gasteiger partial charge in [-0.05, 0) is 30.4 Å². The van der Waals surface area contributed by atoms with Gasteiger partial charge in [-0.2, -0.15) is 0 Å². The summed E-state index contributed by atoms with van der Waals surface area (Å²) in [5.74, 6) is 0.0160. The molecule has 0 heterocycles. The summed E-state index contributed by atoms with van der Waals surface area (Å²) >= 11 is 0. The number of aryl methyl sites for hydroxylation is 1. The van der Waals surface area contributed by atoms with E-state index in [0.29, 0.717) is 0 Å². The van der Waals surface area contributed by atoms with E-state index >= 15 is 0 Å². The van der Waals surface area contributed by atoms with Crippen LogP contribution in [0, 0.1) is 0 Å². The first-order valence-electron chi connectivity index (χ1n) is 6.19. The highest BCUT2D eigenvalue weighted by Gasteiger charge is 2.23. The molecule has 18 heavy (non-hydrogen) atoms. The van der Waals surface area contributed by atoms with Crippen LogP contribution < -0.4 is 4.72 Å². The van der Waals surface area contributed by atoms with Gasteiger partial charge in [-0.3, -0.25) is 0 Å². The molecule has 0 amide bonds. The largest absolute Gasteiger partial charge is 0.384 e. The van der Waals surface area contributed by atoms with Gasteiger partial charge in [-0.1, -0.05) is 24.3 Å². The zero-order chi connectivity index (χ0) is 13.0. The number of ether oxygens (including phenoxy) is 1. The maximum absolute atomic E-state index is 11.9. The topological polar surface area (TPSA) is 55.4 Å². The van der Waals surface area contributed by atoms with Crippen molar-refractivity contribution in [3.8, 4) is 0 Å². The molecule has 0 unspecified atom stereocenters. The van der Waals surface area contributed by atoms with Crippen LogP contribution in [0.1, 0.15) is 30.0 Å². The maximum Gasteiger partial charge on any atom is 0.214 e. The van der Waals surface area contributed by atoms with Crippen molar-refractivity contribution < 1.29 is 13.2 Å². The lowest BCUT2D eigenvalue weighted by Crippen LogP contribution is -2.33. The molecule has 1 aliphatic rings. The van der Waals surface area contributed by atoms with Crippen molar-refractivity contribution in [1.29, 1.82) is 0 Å². The van der Waals surface area contributed by atoms with Gasteiger partial charge in [0.05, 0.1) is 12.4 Å². The number of hydrogen-bond donors (Lipinski definition) is 1. The van der Waals surface area contributed by atoms with Crippen LogP contribution in [-0.2, 0) is 21.2 Å². The number of fused-ring (bicyclic) bond motifs is 1. The first-order chi connectivity index (χ1) is 8.62. The van der Waals surface area contributed by atoms with Crippen LogP contribution in [-0.4, -0.2) is 27.9 Å². The molecule has 1 atom stereocenters. The molecule has 0 saturated carbocycles. The molecule has 0 radical (unpaired) electrons. The predicted molar refractivity (Wildman–Crippen MR) is 70.9 cm³/mol. The van der Waals surface area contributed by atoms with Gasteiger partial charge in [-0.25, -0.2) is 13.1 Å². The Labute approximate surface area is 108 Å². The van der Waals surface area contributed by atoms with Gasteiger partial charge in [-0.15, -0.1) is 0 Å². The molecule has 1 N–H and O–H groups in total. The molecule has 100 valence electrons. The van der Waals surface area contributed by atoms with Gasteiger partial charge in [0.1, 0.15) is 0 Å². The zero-order valence-electron chi connectivity index (χ0n) is 10.6. The van der Waals surface area contributed by atoms with E-state index in [1.807, 2.05) is 18.2 Å². The Balaban J connectivity index is 2.12. The molecular weight excluding hydrogens is 250 g/mol. The Morgan fingerprint density at radius 3 is 2.94 bits per heavy atom. The zero-order valence-corrected chi connectivity index (χ0v) is 11.4. The molecule has 0 aliphatic heterocycles. The van der Waals surface area contributed by atoms with Crippen LogP contribution in [0.3, 0.4) is 0 Å².